The van der Waals surface area contributed by atoms with Crippen molar-refractivity contribution >= 4 is 23.5 Å². The zero-order valence-corrected chi connectivity index (χ0v) is 13.9. The van der Waals surface area contributed by atoms with Crippen molar-refractivity contribution in [2.75, 3.05) is 14.2 Å². The summed E-state index contributed by atoms with van der Waals surface area (Å²) in [6, 6.07) is 8.62. The van der Waals surface area contributed by atoms with Gasteiger partial charge in [0.15, 0.2) is 5.78 Å². The first-order chi connectivity index (χ1) is 11.5. The van der Waals surface area contributed by atoms with Crippen molar-refractivity contribution in [3.63, 3.8) is 0 Å². The number of esters is 1. The van der Waals surface area contributed by atoms with E-state index in [1.807, 2.05) is 0 Å². The number of fused-ring (bicyclic) bond motifs is 1. The average molecular weight is 345 g/mol. The van der Waals surface area contributed by atoms with Gasteiger partial charge in [-0.15, -0.1) is 0 Å². The third-order valence-electron chi connectivity index (χ3n) is 3.74. The smallest absolute Gasteiger partial charge is 0.338 e. The topological polar surface area (TPSA) is 76.1 Å². The number of aliphatic hydroxyl groups is 1. The molecule has 124 valence electrons. The minimum atomic E-state index is -1.86. The van der Waals surface area contributed by atoms with Gasteiger partial charge < -0.3 is 14.6 Å². The number of rotatable bonds is 4. The van der Waals surface area contributed by atoms with Crippen molar-refractivity contribution in [1.82, 2.24) is 4.90 Å². The highest BCUT2D eigenvalue weighted by atomic mass is 32.2. The fourth-order valence-corrected chi connectivity index (χ4v) is 3.48. The Hall–Kier alpha value is -2.35. The molecule has 6 nitrogen and oxygen atoms in total. The summed E-state index contributed by atoms with van der Waals surface area (Å²) in [6.07, 6.45) is 2.78. The number of nitrogens with zero attached hydrogens (tertiary/aromatic N) is 1. The normalized spacial score (nSPS) is 22.3. The molecule has 2 heterocycles. The lowest BCUT2D eigenvalue weighted by Gasteiger charge is -2.38. The lowest BCUT2D eigenvalue weighted by atomic mass is 9.94. The molecule has 0 spiro atoms. The van der Waals surface area contributed by atoms with Gasteiger partial charge in [0.2, 0.25) is 0 Å². The molecule has 0 aromatic heterocycles. The van der Waals surface area contributed by atoms with E-state index in [1.165, 1.54) is 37.0 Å². The van der Waals surface area contributed by atoms with Crippen LogP contribution < -0.4 is 0 Å². The van der Waals surface area contributed by atoms with E-state index in [9.17, 15) is 14.7 Å². The van der Waals surface area contributed by atoms with Gasteiger partial charge in [-0.2, -0.15) is 0 Å². The Balaban J connectivity index is 2.17. The van der Waals surface area contributed by atoms with E-state index in [1.54, 1.807) is 41.9 Å². The van der Waals surface area contributed by atoms with Gasteiger partial charge in [-0.05, 0) is 5.41 Å². The van der Waals surface area contributed by atoms with Crippen LogP contribution in [-0.2, 0) is 14.3 Å². The van der Waals surface area contributed by atoms with Gasteiger partial charge in [-0.25, -0.2) is 4.79 Å². The van der Waals surface area contributed by atoms with Crippen LogP contribution in [0.4, 0.5) is 0 Å². The molecule has 0 saturated heterocycles. The second-order valence-corrected chi connectivity index (χ2v) is 5.96. The summed E-state index contributed by atoms with van der Waals surface area (Å²) in [5, 5.41) is 12.8. The largest absolute Gasteiger partial charge is 0.465 e. The van der Waals surface area contributed by atoms with Crippen LogP contribution in [0.2, 0.25) is 0 Å². The van der Waals surface area contributed by atoms with E-state index in [4.69, 9.17) is 9.47 Å². The Kier molecular flexibility index (Phi) is 4.31. The standard InChI is InChI=1S/C17H15NO5S/c1-22-16(20)12-10-17(21,23-2)18-8-9-24-15(18)13(12)14(19)11-6-4-3-5-7-11/h3-10,21H,1-2H3. The number of methoxy groups -OCH3 is 2. The SMILES string of the molecule is COC(=O)C1=CC(O)(OC)N2C=CSC2=C1C(=O)c1ccccc1. The second kappa shape index (κ2) is 6.27. The molecule has 1 unspecified atom stereocenters. The molecule has 1 atom stereocenters. The number of carbonyl (C=O) groups excluding carboxylic acids is 2. The highest BCUT2D eigenvalue weighted by Crippen LogP contribution is 2.44. The van der Waals surface area contributed by atoms with Crippen molar-refractivity contribution in [2.24, 2.45) is 0 Å². The number of carbonyl (C=O) groups is 2. The lowest BCUT2D eigenvalue weighted by Crippen LogP contribution is -2.47. The molecule has 2 aliphatic rings. The third-order valence-corrected chi connectivity index (χ3v) is 4.62. The van der Waals surface area contributed by atoms with E-state index in [-0.39, 0.29) is 16.9 Å². The Morgan fingerprint density at radius 2 is 1.92 bits per heavy atom. The molecular formula is C17H15NO5S. The zero-order valence-electron chi connectivity index (χ0n) is 13.1. The summed E-state index contributed by atoms with van der Waals surface area (Å²) >= 11 is 1.22. The van der Waals surface area contributed by atoms with Gasteiger partial charge >= 0.3 is 5.97 Å². The highest BCUT2D eigenvalue weighted by molar-refractivity contribution is 8.06. The van der Waals surface area contributed by atoms with Crippen LogP contribution in [0, 0.1) is 0 Å². The van der Waals surface area contributed by atoms with Crippen molar-refractivity contribution in [1.29, 1.82) is 0 Å². The highest BCUT2D eigenvalue weighted by Gasteiger charge is 2.45. The molecule has 0 fully saturated rings. The summed E-state index contributed by atoms with van der Waals surface area (Å²) in [7, 11) is 2.53. The lowest BCUT2D eigenvalue weighted by molar-refractivity contribution is -0.217. The molecule has 3 rings (SSSR count). The summed E-state index contributed by atoms with van der Waals surface area (Å²) in [5.74, 6) is -2.91. The number of thioether (sulfide) groups is 1. The molecule has 1 aromatic carbocycles. The van der Waals surface area contributed by atoms with Crippen LogP contribution in [0.3, 0.4) is 0 Å². The Labute approximate surface area is 143 Å². The van der Waals surface area contributed by atoms with Crippen LogP contribution in [0.15, 0.2) is 64.2 Å². The van der Waals surface area contributed by atoms with Gasteiger partial charge in [0, 0.05) is 24.9 Å². The summed E-state index contributed by atoms with van der Waals surface area (Å²) in [5.41, 5.74) is 0.577. The fourth-order valence-electron chi connectivity index (χ4n) is 2.54. The van der Waals surface area contributed by atoms with E-state index in [0.29, 0.717) is 10.6 Å². The zero-order chi connectivity index (χ0) is 17.3. The maximum atomic E-state index is 13.0. The molecule has 1 aromatic rings. The van der Waals surface area contributed by atoms with Crippen molar-refractivity contribution in [2.45, 2.75) is 5.91 Å². The molecule has 0 aliphatic carbocycles. The Bertz CT molecular complexity index is 783. The number of benzene rings is 1. The van der Waals surface area contributed by atoms with E-state index in [2.05, 4.69) is 0 Å². The molecule has 24 heavy (non-hydrogen) atoms. The number of hydrogen-bond donors (Lipinski definition) is 1. The van der Waals surface area contributed by atoms with Crippen LogP contribution in [-0.4, -0.2) is 41.9 Å². The molecule has 7 heteroatoms. The average Bonchev–Trinajstić information content (AvgIpc) is 3.11. The maximum absolute atomic E-state index is 13.0. The quantitative estimate of drug-likeness (QED) is 0.508. The van der Waals surface area contributed by atoms with Crippen molar-refractivity contribution in [3.05, 3.63) is 69.8 Å². The number of ether oxygens (including phenoxy) is 2. The molecule has 2 aliphatic heterocycles. The van der Waals surface area contributed by atoms with Crippen LogP contribution >= 0.6 is 11.8 Å². The van der Waals surface area contributed by atoms with Crippen molar-refractivity contribution < 1.29 is 24.2 Å². The molecule has 0 bridgehead atoms. The first-order valence-corrected chi connectivity index (χ1v) is 7.95. The molecule has 0 amide bonds. The molecule has 1 N–H and O–H groups in total. The minimum Gasteiger partial charge on any atom is -0.465 e. The van der Waals surface area contributed by atoms with E-state index >= 15 is 0 Å². The first-order valence-electron chi connectivity index (χ1n) is 7.07. The third kappa shape index (κ3) is 2.56. The first kappa shape index (κ1) is 16.5. The molecular weight excluding hydrogens is 330 g/mol. The predicted octanol–water partition coefficient (Wildman–Crippen LogP) is 2.01. The van der Waals surface area contributed by atoms with Gasteiger partial charge in [-0.1, -0.05) is 42.1 Å². The van der Waals surface area contributed by atoms with Gasteiger partial charge in [0.05, 0.1) is 23.3 Å². The van der Waals surface area contributed by atoms with Crippen LogP contribution in [0.5, 0.6) is 0 Å². The van der Waals surface area contributed by atoms with E-state index in [0.717, 1.165) is 0 Å². The van der Waals surface area contributed by atoms with Gasteiger partial charge in [0.25, 0.3) is 5.91 Å². The minimum absolute atomic E-state index is 0.0295. The Morgan fingerprint density at radius 3 is 2.54 bits per heavy atom. The summed E-state index contributed by atoms with van der Waals surface area (Å²) < 4.78 is 9.92. The number of ketones is 1. The Morgan fingerprint density at radius 1 is 1.21 bits per heavy atom. The van der Waals surface area contributed by atoms with Crippen LogP contribution in [0.25, 0.3) is 0 Å². The molecule has 0 saturated carbocycles. The monoisotopic (exact) mass is 345 g/mol. The summed E-state index contributed by atoms with van der Waals surface area (Å²) in [6.45, 7) is 0. The van der Waals surface area contributed by atoms with Crippen molar-refractivity contribution in [3.8, 4) is 0 Å². The van der Waals surface area contributed by atoms with Crippen LogP contribution in [0.1, 0.15) is 10.4 Å². The molecule has 0 radical (unpaired) electrons. The predicted molar refractivity (Wildman–Crippen MR) is 88.4 cm³/mol. The van der Waals surface area contributed by atoms with Gasteiger partial charge in [0.1, 0.15) is 0 Å². The number of hydrogen-bond acceptors (Lipinski definition) is 7. The van der Waals surface area contributed by atoms with E-state index < -0.39 is 11.9 Å². The number of Topliss-reactive ketones (excluding diaryl/α,β-unsaturated/α-hetero) is 1. The maximum Gasteiger partial charge on any atom is 0.338 e. The second-order valence-electron chi connectivity index (χ2n) is 5.06. The van der Waals surface area contributed by atoms with Gasteiger partial charge in [-0.3, -0.25) is 9.69 Å². The fraction of sp³-hybridized carbons (Fsp3) is 0.176. The summed E-state index contributed by atoms with van der Waals surface area (Å²) in [4.78, 5) is 26.6.